The maximum Gasteiger partial charge on any atom is 0.210 e. The summed E-state index contributed by atoms with van der Waals surface area (Å²) < 4.78 is 0. The average molecular weight is 1180 g/mol. The van der Waals surface area contributed by atoms with Crippen LogP contribution in [0.2, 0.25) is 78.6 Å². The van der Waals surface area contributed by atoms with Crippen molar-refractivity contribution in [3.63, 3.8) is 0 Å². The fourth-order valence-electron chi connectivity index (χ4n) is 12.8. The maximum absolute atomic E-state index is 11.0. The van der Waals surface area contributed by atoms with Crippen molar-refractivity contribution in [3.05, 3.63) is 281 Å². The van der Waals surface area contributed by atoms with E-state index in [2.05, 4.69) is 306 Å². The Morgan fingerprint density at radius 2 is 0.907 bits per heavy atom. The number of hydrogen-bond donors (Lipinski definition) is 0. The first-order chi connectivity index (χ1) is 41.1. The summed E-state index contributed by atoms with van der Waals surface area (Å²) >= 11 is 0. The lowest BCUT2D eigenvalue weighted by molar-refractivity contribution is 0.773. The molecule has 0 amide bonds. The van der Waals surface area contributed by atoms with Crippen LogP contribution in [0.4, 0.5) is 28.4 Å². The molecule has 0 radical (unpaired) electrons. The summed E-state index contributed by atoms with van der Waals surface area (Å²) in [5.74, 6) is -0.114. The molecule has 8 aromatic rings. The van der Waals surface area contributed by atoms with Gasteiger partial charge in [-0.2, -0.15) is 5.26 Å². The fraction of sp³-hybridized carbons (Fsp3) is 0.179. The number of para-hydroxylation sites is 3. The van der Waals surface area contributed by atoms with Gasteiger partial charge in [0, 0.05) is 28.4 Å². The maximum atomic E-state index is 11.0. The van der Waals surface area contributed by atoms with Crippen molar-refractivity contribution in [2.24, 2.45) is 5.92 Å². The zero-order valence-corrected chi connectivity index (χ0v) is 55.9. The molecule has 0 aromatic heterocycles. The van der Waals surface area contributed by atoms with E-state index in [-0.39, 0.29) is 12.0 Å². The SMILES string of the molecule is [C-]#[N+]c1ccccc1N(C1=C2C=CC3=C4C(=CC=C(C=C1)C24)C(N(c1ccccc1C#N)c1ccc(-c2ccc([Si](C)(C)C)cc2)cc1-c1ccc([Si](C)(C)C)cc1)C=C3)c1ccc(-c2ccc([Si](C)(C)C)cc2)cc1-c1ccc([Si](C)(C)C)cc1. The van der Waals surface area contributed by atoms with Crippen molar-refractivity contribution >= 4 is 81.5 Å². The molecule has 0 saturated carbocycles. The number of anilines is 4. The molecule has 424 valence electrons. The molecule has 8 heteroatoms. The van der Waals surface area contributed by atoms with Crippen LogP contribution in [0, 0.1) is 23.8 Å². The molecule has 8 aromatic carbocycles. The van der Waals surface area contributed by atoms with Gasteiger partial charge in [-0.05, 0) is 110 Å². The first kappa shape index (κ1) is 57.8. The monoisotopic (exact) mass is 1180 g/mol. The molecular weight excluding hydrogens is 1110 g/mol. The summed E-state index contributed by atoms with van der Waals surface area (Å²) in [6.45, 7) is 37.5. The van der Waals surface area contributed by atoms with E-state index in [1.165, 1.54) is 59.7 Å². The second-order valence-electron chi connectivity index (χ2n) is 27.6. The van der Waals surface area contributed by atoms with E-state index < -0.39 is 32.3 Å². The van der Waals surface area contributed by atoms with Gasteiger partial charge in [-0.25, -0.2) is 4.85 Å². The number of nitriles is 1. The van der Waals surface area contributed by atoms with Gasteiger partial charge in [-0.1, -0.05) is 281 Å². The van der Waals surface area contributed by atoms with Gasteiger partial charge in [0.15, 0.2) is 0 Å². The van der Waals surface area contributed by atoms with Gasteiger partial charge in [0.05, 0.1) is 67.5 Å². The fourth-order valence-corrected chi connectivity index (χ4v) is 17.5. The van der Waals surface area contributed by atoms with E-state index in [1.807, 2.05) is 24.3 Å². The highest BCUT2D eigenvalue weighted by Gasteiger charge is 2.41. The standard InChI is InChI=1S/C78H76N4Si4/c1-80-70-19-15-17-21-76(70)82(75-49-35-60(54-24-38-63(39-25-54)84(5,6)7)51-69(75)56-28-42-65(43-29-56)86(11,12)13)73-47-33-58-30-44-66-72(46-32-57-31-45-67(73)78(58)77(57)66)81(71-20-16-14-18-61(71)52-79)74-48-34-59(53-22-36-62(37-23-53)83(2,3)4)50-68(74)55-26-40-64(41-27-55)85(8,9)10/h14-51,72,78H,2-13H3. The molecule has 4 aliphatic carbocycles. The quantitative estimate of drug-likeness (QED) is 0.0804. The minimum absolute atomic E-state index is 0.114. The topological polar surface area (TPSA) is 34.6 Å². The van der Waals surface area contributed by atoms with Gasteiger partial charge in [0.25, 0.3) is 0 Å². The second-order valence-corrected chi connectivity index (χ2v) is 47.9. The Balaban J connectivity index is 1.03. The summed E-state index contributed by atoms with van der Waals surface area (Å²) in [6.07, 6.45) is 18.5. The molecule has 0 bridgehead atoms. The highest BCUT2D eigenvalue weighted by atomic mass is 28.3. The van der Waals surface area contributed by atoms with Gasteiger partial charge < -0.3 is 9.80 Å². The number of benzene rings is 8. The van der Waals surface area contributed by atoms with E-state index in [1.54, 1.807) is 0 Å². The highest BCUT2D eigenvalue weighted by molar-refractivity contribution is 6.90. The van der Waals surface area contributed by atoms with Crippen molar-refractivity contribution < 1.29 is 0 Å². The third kappa shape index (κ3) is 10.9. The van der Waals surface area contributed by atoms with Crippen LogP contribution >= 0.6 is 0 Å². The number of rotatable bonds is 14. The average Bonchev–Trinajstić information content (AvgIpc) is 0.860. The van der Waals surface area contributed by atoms with Crippen molar-refractivity contribution in [3.8, 4) is 50.6 Å². The zero-order chi connectivity index (χ0) is 60.5. The summed E-state index contributed by atoms with van der Waals surface area (Å²) in [4.78, 5) is 9.02. The van der Waals surface area contributed by atoms with Gasteiger partial charge in [-0.3, -0.25) is 0 Å². The zero-order valence-electron chi connectivity index (χ0n) is 51.9. The lowest BCUT2D eigenvalue weighted by Gasteiger charge is -2.44. The van der Waals surface area contributed by atoms with Crippen LogP contribution in [-0.4, -0.2) is 38.3 Å². The predicted octanol–water partition coefficient (Wildman–Crippen LogP) is 19.0. The Bertz CT molecular complexity index is 4320. The Kier molecular flexibility index (Phi) is 15.0. The largest absolute Gasteiger partial charge is 0.329 e. The van der Waals surface area contributed by atoms with Gasteiger partial charge in [0.2, 0.25) is 5.69 Å². The van der Waals surface area contributed by atoms with Crippen molar-refractivity contribution in [2.45, 2.75) is 84.6 Å². The smallest absolute Gasteiger partial charge is 0.210 e. The Labute approximate surface area is 515 Å². The summed E-state index contributed by atoms with van der Waals surface area (Å²) in [5, 5.41) is 16.7. The van der Waals surface area contributed by atoms with Crippen LogP contribution < -0.4 is 30.5 Å². The Morgan fingerprint density at radius 3 is 1.42 bits per heavy atom. The van der Waals surface area contributed by atoms with Crippen LogP contribution in [0.5, 0.6) is 0 Å². The van der Waals surface area contributed by atoms with Crippen LogP contribution in [0.25, 0.3) is 49.4 Å². The van der Waals surface area contributed by atoms with Crippen LogP contribution in [0.3, 0.4) is 0 Å². The third-order valence-corrected chi connectivity index (χ3v) is 26.1. The molecule has 0 saturated heterocycles. The van der Waals surface area contributed by atoms with E-state index >= 15 is 0 Å². The van der Waals surface area contributed by atoms with Gasteiger partial charge >= 0.3 is 0 Å². The second kappa shape index (κ2) is 22.3. The van der Waals surface area contributed by atoms with Crippen LogP contribution in [0.15, 0.2) is 264 Å². The molecular formula is C78H76N4Si4. The summed E-state index contributed by atoms with van der Waals surface area (Å²) in [7, 11) is -6.26. The van der Waals surface area contributed by atoms with E-state index in [9.17, 15) is 5.26 Å². The molecule has 86 heavy (non-hydrogen) atoms. The Hall–Kier alpha value is -8.61. The molecule has 0 fully saturated rings. The molecule has 0 heterocycles. The van der Waals surface area contributed by atoms with Crippen LogP contribution in [-0.2, 0) is 0 Å². The number of allylic oxidation sites excluding steroid dienone is 10. The first-order valence-electron chi connectivity index (χ1n) is 30.3. The van der Waals surface area contributed by atoms with Crippen molar-refractivity contribution in [1.82, 2.24) is 0 Å². The molecule has 0 aliphatic heterocycles. The Morgan fingerprint density at radius 1 is 0.442 bits per heavy atom. The lowest BCUT2D eigenvalue weighted by atomic mass is 9.67. The van der Waals surface area contributed by atoms with E-state index in [0.29, 0.717) is 11.3 Å². The van der Waals surface area contributed by atoms with Crippen LogP contribution in [0.1, 0.15) is 5.56 Å². The molecule has 0 N–H and O–H groups in total. The van der Waals surface area contributed by atoms with E-state index in [4.69, 9.17) is 6.57 Å². The number of nitrogens with zero attached hydrogens (tertiary/aromatic N) is 4. The minimum atomic E-state index is -1.61. The van der Waals surface area contributed by atoms with E-state index in [0.717, 1.165) is 61.8 Å². The molecule has 0 spiro atoms. The predicted molar refractivity (Wildman–Crippen MR) is 380 cm³/mol. The third-order valence-electron chi connectivity index (χ3n) is 17.8. The lowest BCUT2D eigenvalue weighted by Crippen LogP contribution is -2.38. The normalized spacial score (nSPS) is 16.3. The van der Waals surface area contributed by atoms with Gasteiger partial charge in [0.1, 0.15) is 6.07 Å². The van der Waals surface area contributed by atoms with Crippen molar-refractivity contribution in [2.75, 3.05) is 9.80 Å². The highest BCUT2D eigenvalue weighted by Crippen LogP contribution is 2.54. The summed E-state index contributed by atoms with van der Waals surface area (Å²) in [5.41, 5.74) is 21.1. The minimum Gasteiger partial charge on any atom is -0.329 e. The molecule has 4 aliphatic rings. The number of hydrogen-bond acceptors (Lipinski definition) is 3. The summed E-state index contributed by atoms with van der Waals surface area (Å²) in [6, 6.07) is 69.5. The molecule has 4 nitrogen and oxygen atoms in total. The van der Waals surface area contributed by atoms with Crippen molar-refractivity contribution in [1.29, 1.82) is 5.26 Å². The molecule has 2 atom stereocenters. The molecule has 2 unspecified atom stereocenters. The van der Waals surface area contributed by atoms with Gasteiger partial charge in [-0.15, -0.1) is 0 Å². The first-order valence-corrected chi connectivity index (χ1v) is 44.3. The molecule has 12 rings (SSSR count).